The van der Waals surface area contributed by atoms with Gasteiger partial charge in [-0.25, -0.2) is 4.79 Å². The van der Waals surface area contributed by atoms with E-state index in [9.17, 15) is 9.59 Å². The van der Waals surface area contributed by atoms with Gasteiger partial charge in [0, 0.05) is 31.4 Å². The molecule has 1 aliphatic rings. The lowest BCUT2D eigenvalue weighted by Gasteiger charge is -2.33. The zero-order valence-corrected chi connectivity index (χ0v) is 13.3. The van der Waals surface area contributed by atoms with Crippen LogP contribution in [0.3, 0.4) is 0 Å². The molecule has 1 saturated heterocycles. The standard InChI is InChI=1S/C16H18N4O4/c1-23-16(22)11-8-13(24-10-11)15(21)18-12-4-3-7-20(9-12)14-5-2-6-17-19-14/h2,5-6,8,10,12H,3-4,7,9H2,1H3,(H,18,21)/t12-/m0/s1. The highest BCUT2D eigenvalue weighted by atomic mass is 16.5. The maximum atomic E-state index is 12.3. The van der Waals surface area contributed by atoms with Crippen LogP contribution in [0.2, 0.25) is 0 Å². The van der Waals surface area contributed by atoms with E-state index in [2.05, 4.69) is 25.2 Å². The number of esters is 1. The minimum Gasteiger partial charge on any atom is -0.465 e. The molecular weight excluding hydrogens is 312 g/mol. The van der Waals surface area contributed by atoms with Gasteiger partial charge in [-0.15, -0.1) is 5.10 Å². The van der Waals surface area contributed by atoms with Crippen molar-refractivity contribution in [3.8, 4) is 0 Å². The fourth-order valence-electron chi connectivity index (χ4n) is 2.70. The first-order valence-corrected chi connectivity index (χ1v) is 7.67. The molecule has 8 heteroatoms. The lowest BCUT2D eigenvalue weighted by Crippen LogP contribution is -2.48. The average Bonchev–Trinajstić information content (AvgIpc) is 3.12. The molecule has 0 radical (unpaired) electrons. The van der Waals surface area contributed by atoms with Gasteiger partial charge in [0.15, 0.2) is 11.6 Å². The van der Waals surface area contributed by atoms with Gasteiger partial charge in [0.2, 0.25) is 0 Å². The minimum atomic E-state index is -0.538. The van der Waals surface area contributed by atoms with E-state index < -0.39 is 5.97 Å². The quantitative estimate of drug-likeness (QED) is 0.843. The Balaban J connectivity index is 1.62. The van der Waals surface area contributed by atoms with Gasteiger partial charge in [-0.05, 0) is 25.0 Å². The molecule has 1 aliphatic heterocycles. The Morgan fingerprint density at radius 1 is 1.46 bits per heavy atom. The normalized spacial score (nSPS) is 17.4. The number of aromatic nitrogens is 2. The number of rotatable bonds is 4. The number of carbonyl (C=O) groups excluding carboxylic acids is 2. The second kappa shape index (κ2) is 7.12. The van der Waals surface area contributed by atoms with Gasteiger partial charge in [-0.3, -0.25) is 4.79 Å². The van der Waals surface area contributed by atoms with Crippen LogP contribution in [0.15, 0.2) is 35.1 Å². The number of anilines is 1. The van der Waals surface area contributed by atoms with Crippen LogP contribution in [-0.2, 0) is 4.74 Å². The Hall–Kier alpha value is -2.90. The highest BCUT2D eigenvalue weighted by Gasteiger charge is 2.24. The molecule has 8 nitrogen and oxygen atoms in total. The summed E-state index contributed by atoms with van der Waals surface area (Å²) in [5.74, 6) is -0.00473. The second-order valence-electron chi connectivity index (χ2n) is 5.53. The van der Waals surface area contributed by atoms with Gasteiger partial charge in [0.25, 0.3) is 5.91 Å². The van der Waals surface area contributed by atoms with Crippen molar-refractivity contribution in [3.05, 3.63) is 42.0 Å². The molecule has 3 rings (SSSR count). The second-order valence-corrected chi connectivity index (χ2v) is 5.53. The number of ether oxygens (including phenoxy) is 1. The number of methoxy groups -OCH3 is 1. The molecule has 1 N–H and O–H groups in total. The number of piperidine rings is 1. The zero-order valence-electron chi connectivity index (χ0n) is 13.3. The van der Waals surface area contributed by atoms with Gasteiger partial charge >= 0.3 is 5.97 Å². The highest BCUT2D eigenvalue weighted by Crippen LogP contribution is 2.17. The van der Waals surface area contributed by atoms with Crippen LogP contribution in [0.5, 0.6) is 0 Å². The molecule has 0 bridgehead atoms. The van der Waals surface area contributed by atoms with E-state index in [1.54, 1.807) is 6.20 Å². The van der Waals surface area contributed by atoms with Gasteiger partial charge in [0.1, 0.15) is 6.26 Å². The monoisotopic (exact) mass is 330 g/mol. The minimum absolute atomic E-state index is 0.0278. The van der Waals surface area contributed by atoms with Crippen LogP contribution in [0.4, 0.5) is 5.82 Å². The first-order chi connectivity index (χ1) is 11.7. The third kappa shape index (κ3) is 3.53. The predicted octanol–water partition coefficient (Wildman–Crippen LogP) is 1.25. The number of amides is 1. The Labute approximate surface area is 138 Å². The third-order valence-corrected chi connectivity index (χ3v) is 3.88. The van der Waals surface area contributed by atoms with E-state index in [1.807, 2.05) is 12.1 Å². The van der Waals surface area contributed by atoms with E-state index in [0.717, 1.165) is 25.2 Å². The fraction of sp³-hybridized carbons (Fsp3) is 0.375. The van der Waals surface area contributed by atoms with Crippen molar-refractivity contribution >= 4 is 17.7 Å². The first-order valence-electron chi connectivity index (χ1n) is 7.67. The number of carbonyl (C=O) groups is 2. The van der Waals surface area contributed by atoms with Crippen molar-refractivity contribution in [2.24, 2.45) is 0 Å². The number of nitrogens with one attached hydrogen (secondary N) is 1. The van der Waals surface area contributed by atoms with Crippen molar-refractivity contribution in [1.29, 1.82) is 0 Å². The summed E-state index contributed by atoms with van der Waals surface area (Å²) >= 11 is 0. The van der Waals surface area contributed by atoms with Crippen LogP contribution in [-0.4, -0.2) is 48.3 Å². The van der Waals surface area contributed by atoms with Gasteiger partial charge in [-0.2, -0.15) is 5.10 Å². The van der Waals surface area contributed by atoms with Gasteiger partial charge < -0.3 is 19.4 Å². The van der Waals surface area contributed by atoms with Crippen LogP contribution >= 0.6 is 0 Å². The van der Waals surface area contributed by atoms with E-state index >= 15 is 0 Å². The van der Waals surface area contributed by atoms with E-state index in [4.69, 9.17) is 4.42 Å². The van der Waals surface area contributed by atoms with E-state index in [0.29, 0.717) is 6.54 Å². The number of furan rings is 1. The maximum absolute atomic E-state index is 12.3. The van der Waals surface area contributed by atoms with Gasteiger partial charge in [-0.1, -0.05) is 0 Å². The average molecular weight is 330 g/mol. The summed E-state index contributed by atoms with van der Waals surface area (Å²) in [4.78, 5) is 25.8. The van der Waals surface area contributed by atoms with Crippen LogP contribution in [0, 0.1) is 0 Å². The lowest BCUT2D eigenvalue weighted by molar-refractivity contribution is 0.0599. The van der Waals surface area contributed by atoms with Crippen LogP contribution in [0.1, 0.15) is 33.8 Å². The zero-order chi connectivity index (χ0) is 16.9. The molecule has 0 spiro atoms. The number of nitrogens with zero attached hydrogens (tertiary/aromatic N) is 3. The molecule has 0 unspecified atom stereocenters. The third-order valence-electron chi connectivity index (χ3n) is 3.88. The number of hydrogen-bond acceptors (Lipinski definition) is 7. The smallest absolute Gasteiger partial charge is 0.341 e. The summed E-state index contributed by atoms with van der Waals surface area (Å²) in [6.07, 6.45) is 4.65. The molecule has 2 aromatic heterocycles. The van der Waals surface area contributed by atoms with Crippen LogP contribution in [0.25, 0.3) is 0 Å². The van der Waals surface area contributed by atoms with Crippen molar-refractivity contribution in [2.45, 2.75) is 18.9 Å². The van der Waals surface area contributed by atoms with Crippen molar-refractivity contribution in [1.82, 2.24) is 15.5 Å². The molecular formula is C16H18N4O4. The lowest BCUT2D eigenvalue weighted by atomic mass is 10.1. The highest BCUT2D eigenvalue weighted by molar-refractivity contribution is 5.96. The SMILES string of the molecule is COC(=O)c1coc(C(=O)N[C@H]2CCCN(c3cccnn3)C2)c1. The summed E-state index contributed by atoms with van der Waals surface area (Å²) in [5.41, 5.74) is 0.215. The Kier molecular flexibility index (Phi) is 4.74. The summed E-state index contributed by atoms with van der Waals surface area (Å²) in [7, 11) is 1.28. The molecule has 0 saturated carbocycles. The molecule has 0 aromatic carbocycles. The molecule has 1 atom stereocenters. The first kappa shape index (κ1) is 16.0. The Morgan fingerprint density at radius 2 is 2.33 bits per heavy atom. The summed E-state index contributed by atoms with van der Waals surface area (Å²) in [5, 5.41) is 10.9. The Morgan fingerprint density at radius 3 is 3.08 bits per heavy atom. The van der Waals surface area contributed by atoms with Crippen molar-refractivity contribution in [2.75, 3.05) is 25.1 Å². The Bertz CT molecular complexity index is 716. The predicted molar refractivity (Wildman–Crippen MR) is 84.8 cm³/mol. The van der Waals surface area contributed by atoms with E-state index in [1.165, 1.54) is 19.4 Å². The fourth-order valence-corrected chi connectivity index (χ4v) is 2.70. The number of hydrogen-bond donors (Lipinski definition) is 1. The summed E-state index contributed by atoms with van der Waals surface area (Å²) in [6.45, 7) is 1.52. The molecule has 1 amide bonds. The molecule has 1 fully saturated rings. The molecule has 3 heterocycles. The summed E-state index contributed by atoms with van der Waals surface area (Å²) in [6, 6.07) is 5.08. The topological polar surface area (TPSA) is 97.6 Å². The largest absolute Gasteiger partial charge is 0.465 e. The van der Waals surface area contributed by atoms with Crippen LogP contribution < -0.4 is 10.2 Å². The molecule has 0 aliphatic carbocycles. The van der Waals surface area contributed by atoms with Crippen molar-refractivity contribution in [3.63, 3.8) is 0 Å². The molecule has 24 heavy (non-hydrogen) atoms. The maximum Gasteiger partial charge on any atom is 0.341 e. The molecule has 126 valence electrons. The molecule has 2 aromatic rings. The van der Waals surface area contributed by atoms with Gasteiger partial charge in [0.05, 0.1) is 12.7 Å². The van der Waals surface area contributed by atoms with Crippen molar-refractivity contribution < 1.29 is 18.7 Å². The summed E-state index contributed by atoms with van der Waals surface area (Å²) < 4.78 is 9.75. The van der Waals surface area contributed by atoms with E-state index in [-0.39, 0.29) is 23.3 Å².